The molecule has 8 heteroatoms. The van der Waals surface area contributed by atoms with Crippen molar-refractivity contribution in [2.24, 2.45) is 0 Å². The van der Waals surface area contributed by atoms with Gasteiger partial charge < -0.3 is 25.6 Å². The van der Waals surface area contributed by atoms with Gasteiger partial charge in [-0.15, -0.1) is 0 Å². The van der Waals surface area contributed by atoms with Crippen molar-refractivity contribution in [1.82, 2.24) is 10.6 Å². The molecule has 0 unspecified atom stereocenters. The molecule has 2 aromatic carbocycles. The highest BCUT2D eigenvalue weighted by Crippen LogP contribution is 2.31. The average molecular weight is 469 g/mol. The van der Waals surface area contributed by atoms with Crippen molar-refractivity contribution >= 4 is 17.8 Å². The first-order chi connectivity index (χ1) is 16.4. The summed E-state index contributed by atoms with van der Waals surface area (Å²) in [5.41, 5.74) is 0.913. The number of aliphatic hydroxyl groups is 1. The summed E-state index contributed by atoms with van der Waals surface area (Å²) in [7, 11) is 0. The van der Waals surface area contributed by atoms with Crippen LogP contribution in [0.3, 0.4) is 0 Å². The van der Waals surface area contributed by atoms with Gasteiger partial charge in [0, 0.05) is 0 Å². The molecule has 182 valence electrons. The molecule has 2 aromatic rings. The number of rotatable bonds is 12. The number of carboxylic acids is 1. The van der Waals surface area contributed by atoms with Gasteiger partial charge >= 0.3 is 11.9 Å². The first kappa shape index (κ1) is 25.4. The van der Waals surface area contributed by atoms with Gasteiger partial charge in [0.25, 0.3) is 0 Å². The van der Waals surface area contributed by atoms with Gasteiger partial charge in [-0.3, -0.25) is 9.59 Å². The van der Waals surface area contributed by atoms with Gasteiger partial charge in [-0.1, -0.05) is 73.5 Å². The standard InChI is InChI=1S/C26H32N2O6/c29-22(23(30)31)17-27-25(33)26(14-7-8-15-26)28-16-13-21(20-11-5-2-6-12-20)24(32)34-18-19-9-3-1-4-10-19/h1-6,9-12,21-22,28-29H,7-8,13-18H2,(H,27,33)(H,30,31)/t21-,22-/m0/s1. The number of esters is 1. The van der Waals surface area contributed by atoms with Crippen LogP contribution in [0.4, 0.5) is 0 Å². The Morgan fingerprint density at radius 3 is 2.21 bits per heavy atom. The lowest BCUT2D eigenvalue weighted by Gasteiger charge is -2.30. The molecule has 1 amide bonds. The molecule has 1 aliphatic rings. The first-order valence-electron chi connectivity index (χ1n) is 11.6. The maximum atomic E-state index is 13.0. The zero-order chi connectivity index (χ0) is 24.4. The molecule has 0 spiro atoms. The largest absolute Gasteiger partial charge is 0.479 e. The normalized spacial score (nSPS) is 16.4. The van der Waals surface area contributed by atoms with E-state index in [-0.39, 0.29) is 25.0 Å². The first-order valence-corrected chi connectivity index (χ1v) is 11.6. The highest BCUT2D eigenvalue weighted by atomic mass is 16.5. The van der Waals surface area contributed by atoms with Gasteiger partial charge in [-0.2, -0.15) is 0 Å². The summed E-state index contributed by atoms with van der Waals surface area (Å²) in [6.07, 6.45) is 1.73. The molecule has 0 saturated heterocycles. The van der Waals surface area contributed by atoms with Crippen LogP contribution >= 0.6 is 0 Å². The Labute approximate surface area is 199 Å². The topological polar surface area (TPSA) is 125 Å². The zero-order valence-electron chi connectivity index (χ0n) is 19.1. The van der Waals surface area contributed by atoms with Crippen LogP contribution in [0.25, 0.3) is 0 Å². The summed E-state index contributed by atoms with van der Waals surface area (Å²) in [6, 6.07) is 18.9. The predicted molar refractivity (Wildman–Crippen MR) is 126 cm³/mol. The average Bonchev–Trinajstić information content (AvgIpc) is 3.34. The van der Waals surface area contributed by atoms with Crippen molar-refractivity contribution in [3.8, 4) is 0 Å². The smallest absolute Gasteiger partial charge is 0.334 e. The fraction of sp³-hybridized carbons (Fsp3) is 0.423. The maximum absolute atomic E-state index is 13.0. The van der Waals surface area contributed by atoms with Crippen molar-refractivity contribution in [2.75, 3.05) is 13.1 Å². The molecule has 1 saturated carbocycles. The number of aliphatic hydroxyl groups excluding tert-OH is 1. The highest BCUT2D eigenvalue weighted by molar-refractivity contribution is 5.87. The van der Waals surface area contributed by atoms with Crippen LogP contribution in [0.1, 0.15) is 49.1 Å². The van der Waals surface area contributed by atoms with Crippen LogP contribution < -0.4 is 10.6 Å². The van der Waals surface area contributed by atoms with Gasteiger partial charge in [-0.05, 0) is 36.9 Å². The summed E-state index contributed by atoms with van der Waals surface area (Å²) in [5.74, 6) is -2.53. The Hall–Kier alpha value is -3.23. The number of carboxylic acid groups (broad SMARTS) is 1. The summed E-state index contributed by atoms with van der Waals surface area (Å²) in [5, 5.41) is 24.2. The molecule has 3 rings (SSSR count). The van der Waals surface area contributed by atoms with E-state index in [2.05, 4.69) is 10.6 Å². The molecule has 4 N–H and O–H groups in total. The number of benzene rings is 2. The molecule has 0 heterocycles. The quantitative estimate of drug-likeness (QED) is 0.353. The van der Waals surface area contributed by atoms with E-state index in [1.54, 1.807) is 0 Å². The third-order valence-corrected chi connectivity index (χ3v) is 6.24. The summed E-state index contributed by atoms with van der Waals surface area (Å²) in [4.78, 5) is 36.7. The molecular weight excluding hydrogens is 436 g/mol. The van der Waals surface area contributed by atoms with Crippen molar-refractivity contribution in [2.45, 2.75) is 56.3 Å². The molecule has 0 radical (unpaired) electrons. The highest BCUT2D eigenvalue weighted by Gasteiger charge is 2.41. The van der Waals surface area contributed by atoms with Crippen molar-refractivity contribution in [3.63, 3.8) is 0 Å². The molecule has 1 aliphatic carbocycles. The Balaban J connectivity index is 1.62. The van der Waals surface area contributed by atoms with Gasteiger partial charge in [0.1, 0.15) is 6.61 Å². The third-order valence-electron chi connectivity index (χ3n) is 6.24. The summed E-state index contributed by atoms with van der Waals surface area (Å²) < 4.78 is 5.60. The Kier molecular flexibility index (Phi) is 9.18. The number of ether oxygens (including phenoxy) is 1. The number of hydrogen-bond acceptors (Lipinski definition) is 6. The van der Waals surface area contributed by atoms with E-state index >= 15 is 0 Å². The number of carbonyl (C=O) groups excluding carboxylic acids is 2. The minimum Gasteiger partial charge on any atom is -0.479 e. The monoisotopic (exact) mass is 468 g/mol. The van der Waals surface area contributed by atoms with Crippen LogP contribution in [-0.4, -0.2) is 52.8 Å². The van der Waals surface area contributed by atoms with Crippen molar-refractivity contribution in [1.29, 1.82) is 0 Å². The second-order valence-corrected chi connectivity index (χ2v) is 8.63. The SMILES string of the molecule is O=C(OCc1ccccc1)[C@@H](CCNC1(C(=O)NC[C@H](O)C(=O)O)CCCC1)c1ccccc1. The minimum absolute atomic E-state index is 0.189. The van der Waals surface area contributed by atoms with E-state index in [0.717, 1.165) is 24.0 Å². The van der Waals surface area contributed by atoms with Crippen LogP contribution in [0.15, 0.2) is 60.7 Å². The molecule has 2 atom stereocenters. The van der Waals surface area contributed by atoms with Crippen LogP contribution in [0, 0.1) is 0 Å². The molecule has 1 fully saturated rings. The molecule has 34 heavy (non-hydrogen) atoms. The Morgan fingerprint density at radius 1 is 0.971 bits per heavy atom. The minimum atomic E-state index is -1.65. The number of carbonyl (C=O) groups is 3. The van der Waals surface area contributed by atoms with Crippen LogP contribution in [0.5, 0.6) is 0 Å². The van der Waals surface area contributed by atoms with Gasteiger partial charge in [0.15, 0.2) is 6.10 Å². The van der Waals surface area contributed by atoms with E-state index < -0.39 is 23.5 Å². The van der Waals surface area contributed by atoms with E-state index in [4.69, 9.17) is 9.84 Å². The number of hydrogen-bond donors (Lipinski definition) is 4. The number of nitrogens with one attached hydrogen (secondary N) is 2. The molecular formula is C26H32N2O6. The van der Waals surface area contributed by atoms with E-state index in [1.165, 1.54) is 0 Å². The van der Waals surface area contributed by atoms with E-state index in [9.17, 15) is 19.5 Å². The van der Waals surface area contributed by atoms with Gasteiger partial charge in [0.2, 0.25) is 5.91 Å². The molecule has 0 aliphatic heterocycles. The molecule has 0 bridgehead atoms. The fourth-order valence-electron chi connectivity index (χ4n) is 4.30. The summed E-state index contributed by atoms with van der Waals surface area (Å²) >= 11 is 0. The second kappa shape index (κ2) is 12.3. The molecule has 0 aromatic heterocycles. The summed E-state index contributed by atoms with van der Waals surface area (Å²) in [6.45, 7) is 0.236. The lowest BCUT2D eigenvalue weighted by molar-refractivity contribution is -0.147. The fourth-order valence-corrected chi connectivity index (χ4v) is 4.30. The Morgan fingerprint density at radius 2 is 1.59 bits per heavy atom. The Bertz CT molecular complexity index is 944. The van der Waals surface area contributed by atoms with Gasteiger partial charge in [0.05, 0.1) is 18.0 Å². The lowest BCUT2D eigenvalue weighted by atomic mass is 9.93. The lowest BCUT2D eigenvalue weighted by Crippen LogP contribution is -2.57. The van der Waals surface area contributed by atoms with Crippen molar-refractivity contribution < 1.29 is 29.3 Å². The maximum Gasteiger partial charge on any atom is 0.334 e. The van der Waals surface area contributed by atoms with Gasteiger partial charge in [-0.25, -0.2) is 4.79 Å². The number of aliphatic carboxylic acids is 1. The molecule has 8 nitrogen and oxygen atoms in total. The predicted octanol–water partition coefficient (Wildman–Crippen LogP) is 2.37. The second-order valence-electron chi connectivity index (χ2n) is 8.63. The number of amides is 1. The van der Waals surface area contributed by atoms with Crippen LogP contribution in [-0.2, 0) is 25.7 Å². The van der Waals surface area contributed by atoms with E-state index in [0.29, 0.717) is 25.8 Å². The third kappa shape index (κ3) is 6.88. The van der Waals surface area contributed by atoms with Crippen molar-refractivity contribution in [3.05, 3.63) is 71.8 Å². The zero-order valence-corrected chi connectivity index (χ0v) is 19.1. The van der Waals surface area contributed by atoms with E-state index in [1.807, 2.05) is 60.7 Å². The van der Waals surface area contributed by atoms with Crippen LogP contribution in [0.2, 0.25) is 0 Å².